The fourth-order valence-electron chi connectivity index (χ4n) is 2.57. The number of carbonyl (C=O) groups is 2. The van der Waals surface area contributed by atoms with Gasteiger partial charge >= 0.3 is 0 Å². The number of anilines is 1. The number of nitrogen functional groups attached to an aromatic ring is 1. The van der Waals surface area contributed by atoms with E-state index in [1.807, 2.05) is 36.1 Å². The second kappa shape index (κ2) is 6.52. The second-order valence-corrected chi connectivity index (χ2v) is 5.15. The number of rotatable bonds is 5. The van der Waals surface area contributed by atoms with Crippen molar-refractivity contribution in [2.75, 3.05) is 18.8 Å². The minimum atomic E-state index is -0.202. The topological polar surface area (TPSA) is 75.4 Å². The summed E-state index contributed by atoms with van der Waals surface area (Å²) in [6.07, 6.45) is 2.56. The number of amides is 2. The predicted octanol–water partition coefficient (Wildman–Crippen LogP) is 0.938. The molecule has 20 heavy (non-hydrogen) atoms. The molecule has 5 nitrogen and oxygen atoms in total. The van der Waals surface area contributed by atoms with E-state index in [1.165, 1.54) is 5.56 Å². The molecule has 2 rings (SSSR count). The highest BCUT2D eigenvalue weighted by molar-refractivity contribution is 6.01. The molecule has 0 radical (unpaired) electrons. The molecule has 1 aliphatic rings. The largest absolute Gasteiger partial charge is 0.399 e. The quantitative estimate of drug-likeness (QED) is 0.619. The maximum atomic E-state index is 11.7. The third-order valence-corrected chi connectivity index (χ3v) is 3.63. The van der Waals surface area contributed by atoms with Crippen LogP contribution in [0.2, 0.25) is 0 Å². The highest BCUT2D eigenvalue weighted by Gasteiger charge is 2.31. The number of nitrogens with zero attached hydrogens (tertiary/aromatic N) is 1. The van der Waals surface area contributed by atoms with E-state index >= 15 is 0 Å². The van der Waals surface area contributed by atoms with Gasteiger partial charge in [0.1, 0.15) is 0 Å². The Kier molecular flexibility index (Phi) is 4.74. The Morgan fingerprint density at radius 3 is 2.65 bits per heavy atom. The molecule has 1 aromatic rings. The lowest BCUT2D eigenvalue weighted by atomic mass is 10.1. The highest BCUT2D eigenvalue weighted by Crippen LogP contribution is 2.12. The van der Waals surface area contributed by atoms with Gasteiger partial charge in [-0.3, -0.25) is 19.8 Å². The Hall–Kier alpha value is -1.88. The Morgan fingerprint density at radius 2 is 2.00 bits per heavy atom. The number of hydrogen-bond acceptors (Lipinski definition) is 4. The number of aryl methyl sites for hydroxylation is 1. The molecule has 1 atom stereocenters. The van der Waals surface area contributed by atoms with Crippen LogP contribution in [0, 0.1) is 0 Å². The number of benzene rings is 1. The van der Waals surface area contributed by atoms with Crippen LogP contribution in [0.3, 0.4) is 0 Å². The van der Waals surface area contributed by atoms with Gasteiger partial charge in [0.15, 0.2) is 0 Å². The summed E-state index contributed by atoms with van der Waals surface area (Å²) in [5, 5.41) is 2.39. The third-order valence-electron chi connectivity index (χ3n) is 3.63. The molecular weight excluding hydrogens is 254 g/mol. The number of piperazine rings is 1. The van der Waals surface area contributed by atoms with Crippen molar-refractivity contribution in [2.45, 2.75) is 32.2 Å². The average Bonchev–Trinajstić information content (AvgIpc) is 2.40. The number of nitrogens with one attached hydrogen (secondary N) is 1. The summed E-state index contributed by atoms with van der Waals surface area (Å²) in [5.41, 5.74) is 7.63. The fraction of sp³-hybridized carbons (Fsp3) is 0.467. The van der Waals surface area contributed by atoms with Crippen molar-refractivity contribution in [2.24, 2.45) is 0 Å². The molecule has 0 saturated carbocycles. The van der Waals surface area contributed by atoms with Gasteiger partial charge in [0.05, 0.1) is 12.6 Å². The van der Waals surface area contributed by atoms with Crippen LogP contribution in [0.4, 0.5) is 5.69 Å². The van der Waals surface area contributed by atoms with Crippen LogP contribution in [0.25, 0.3) is 0 Å². The summed E-state index contributed by atoms with van der Waals surface area (Å²) < 4.78 is 0. The zero-order valence-corrected chi connectivity index (χ0v) is 11.8. The van der Waals surface area contributed by atoms with E-state index in [-0.39, 0.29) is 17.9 Å². The van der Waals surface area contributed by atoms with Gasteiger partial charge in [-0.05, 0) is 43.5 Å². The SMILES string of the molecule is CCC1C(=O)NC(=O)CN1CCCc1ccc(N)cc1. The van der Waals surface area contributed by atoms with Crippen molar-refractivity contribution in [3.8, 4) is 0 Å². The summed E-state index contributed by atoms with van der Waals surface area (Å²) in [6.45, 7) is 3.03. The first kappa shape index (κ1) is 14.5. The summed E-state index contributed by atoms with van der Waals surface area (Å²) >= 11 is 0. The fourth-order valence-corrected chi connectivity index (χ4v) is 2.57. The second-order valence-electron chi connectivity index (χ2n) is 5.15. The number of carbonyl (C=O) groups excluding carboxylic acids is 2. The molecule has 1 fully saturated rings. The summed E-state index contributed by atoms with van der Waals surface area (Å²) in [4.78, 5) is 25.1. The molecule has 108 valence electrons. The summed E-state index contributed by atoms with van der Waals surface area (Å²) in [7, 11) is 0. The van der Waals surface area contributed by atoms with Crippen LogP contribution in [-0.4, -0.2) is 35.8 Å². The monoisotopic (exact) mass is 275 g/mol. The van der Waals surface area contributed by atoms with E-state index in [1.54, 1.807) is 0 Å². The third kappa shape index (κ3) is 3.57. The maximum Gasteiger partial charge on any atom is 0.243 e. The normalized spacial score (nSPS) is 19.9. The van der Waals surface area contributed by atoms with Gasteiger partial charge in [-0.2, -0.15) is 0 Å². The van der Waals surface area contributed by atoms with Gasteiger partial charge in [0.25, 0.3) is 0 Å². The molecule has 2 amide bonds. The summed E-state index contributed by atoms with van der Waals surface area (Å²) in [6, 6.07) is 7.63. The van der Waals surface area contributed by atoms with Gasteiger partial charge in [-0.15, -0.1) is 0 Å². The molecule has 0 bridgehead atoms. The number of hydrogen-bond donors (Lipinski definition) is 2. The average molecular weight is 275 g/mol. The first-order chi connectivity index (χ1) is 9.60. The molecule has 5 heteroatoms. The minimum absolute atomic E-state index is 0.170. The number of nitrogens with two attached hydrogens (primary N) is 1. The van der Waals surface area contributed by atoms with Gasteiger partial charge < -0.3 is 5.73 Å². The van der Waals surface area contributed by atoms with Gasteiger partial charge in [-0.1, -0.05) is 19.1 Å². The zero-order chi connectivity index (χ0) is 14.5. The van der Waals surface area contributed by atoms with E-state index in [9.17, 15) is 9.59 Å². The van der Waals surface area contributed by atoms with Crippen LogP contribution in [0.5, 0.6) is 0 Å². The van der Waals surface area contributed by atoms with E-state index in [4.69, 9.17) is 5.73 Å². The van der Waals surface area contributed by atoms with E-state index in [0.29, 0.717) is 6.54 Å². The molecule has 1 saturated heterocycles. The first-order valence-corrected chi connectivity index (χ1v) is 7.02. The molecule has 1 aromatic carbocycles. The smallest absolute Gasteiger partial charge is 0.243 e. The van der Waals surface area contributed by atoms with E-state index < -0.39 is 0 Å². The van der Waals surface area contributed by atoms with Gasteiger partial charge in [0, 0.05) is 5.69 Å². The number of imide groups is 1. The molecular formula is C15H21N3O2. The van der Waals surface area contributed by atoms with Crippen molar-refractivity contribution in [3.63, 3.8) is 0 Å². The molecule has 1 heterocycles. The van der Waals surface area contributed by atoms with Gasteiger partial charge in [0.2, 0.25) is 11.8 Å². The zero-order valence-electron chi connectivity index (χ0n) is 11.8. The first-order valence-electron chi connectivity index (χ1n) is 7.02. The Balaban J connectivity index is 1.87. The Bertz CT molecular complexity index is 484. The molecule has 1 aliphatic heterocycles. The van der Waals surface area contributed by atoms with Crippen molar-refractivity contribution >= 4 is 17.5 Å². The molecule has 0 spiro atoms. The highest BCUT2D eigenvalue weighted by atomic mass is 16.2. The van der Waals surface area contributed by atoms with E-state index in [0.717, 1.165) is 31.5 Å². The van der Waals surface area contributed by atoms with Crippen molar-refractivity contribution in [1.82, 2.24) is 10.2 Å². The summed E-state index contributed by atoms with van der Waals surface area (Å²) in [5.74, 6) is -0.372. The van der Waals surface area contributed by atoms with Crippen LogP contribution >= 0.6 is 0 Å². The van der Waals surface area contributed by atoms with Gasteiger partial charge in [-0.25, -0.2) is 0 Å². The Labute approximate surface area is 119 Å². The van der Waals surface area contributed by atoms with Crippen molar-refractivity contribution in [3.05, 3.63) is 29.8 Å². The van der Waals surface area contributed by atoms with Crippen LogP contribution < -0.4 is 11.1 Å². The van der Waals surface area contributed by atoms with Crippen LogP contribution in [0.1, 0.15) is 25.3 Å². The van der Waals surface area contributed by atoms with E-state index in [2.05, 4.69) is 5.32 Å². The maximum absolute atomic E-state index is 11.7. The van der Waals surface area contributed by atoms with Crippen molar-refractivity contribution < 1.29 is 9.59 Å². The molecule has 0 aliphatic carbocycles. The predicted molar refractivity (Wildman–Crippen MR) is 78.0 cm³/mol. The molecule has 0 aromatic heterocycles. The lowest BCUT2D eigenvalue weighted by molar-refractivity contribution is -0.140. The van der Waals surface area contributed by atoms with Crippen LogP contribution in [-0.2, 0) is 16.0 Å². The molecule has 1 unspecified atom stereocenters. The lowest BCUT2D eigenvalue weighted by Crippen LogP contribution is -2.57. The van der Waals surface area contributed by atoms with Crippen LogP contribution in [0.15, 0.2) is 24.3 Å². The molecule has 3 N–H and O–H groups in total. The Morgan fingerprint density at radius 1 is 1.30 bits per heavy atom. The minimum Gasteiger partial charge on any atom is -0.399 e. The van der Waals surface area contributed by atoms with Crippen molar-refractivity contribution in [1.29, 1.82) is 0 Å². The standard InChI is InChI=1S/C15H21N3O2/c1-2-13-15(20)17-14(19)10-18(13)9-3-4-11-5-7-12(16)8-6-11/h5-8,13H,2-4,9-10,16H2,1H3,(H,17,19,20). The lowest BCUT2D eigenvalue weighted by Gasteiger charge is -2.33.